The zero-order valence-corrected chi connectivity index (χ0v) is 13.0. The molecule has 6 heteroatoms. The van der Waals surface area contributed by atoms with Crippen molar-refractivity contribution in [3.05, 3.63) is 59.2 Å². The van der Waals surface area contributed by atoms with E-state index in [0.717, 1.165) is 12.1 Å². The number of hydrogen-bond donors (Lipinski definition) is 1. The average Bonchev–Trinajstić information content (AvgIpc) is 2.53. The van der Waals surface area contributed by atoms with Gasteiger partial charge in [-0.2, -0.15) is 0 Å². The van der Waals surface area contributed by atoms with Crippen molar-refractivity contribution in [2.24, 2.45) is 0 Å². The quantitative estimate of drug-likeness (QED) is 0.917. The molecule has 2 rings (SSSR count). The Balaban J connectivity index is 2.18. The molecular weight excluding hydrogens is 304 g/mol. The van der Waals surface area contributed by atoms with Gasteiger partial charge in [0.1, 0.15) is 11.6 Å². The van der Waals surface area contributed by atoms with Crippen LogP contribution >= 0.6 is 0 Å². The van der Waals surface area contributed by atoms with Crippen molar-refractivity contribution >= 4 is 5.91 Å². The molecule has 0 aliphatic rings. The van der Waals surface area contributed by atoms with E-state index in [1.54, 1.807) is 19.1 Å². The van der Waals surface area contributed by atoms with Crippen LogP contribution in [0.4, 0.5) is 8.78 Å². The number of amides is 1. The molecule has 1 amide bonds. The SMILES string of the molecule is COc1ccc(C(=O)NC(C)c2ccc(F)cc2F)cc1OC. The summed E-state index contributed by atoms with van der Waals surface area (Å²) in [5.41, 5.74) is 0.553. The highest BCUT2D eigenvalue weighted by molar-refractivity contribution is 5.95. The number of ether oxygens (including phenoxy) is 2. The van der Waals surface area contributed by atoms with Crippen LogP contribution in [0.3, 0.4) is 0 Å². The molecule has 0 bridgehead atoms. The van der Waals surface area contributed by atoms with E-state index in [1.165, 1.54) is 26.4 Å². The summed E-state index contributed by atoms with van der Waals surface area (Å²) in [6, 6.07) is 7.34. The molecule has 4 nitrogen and oxygen atoms in total. The Bertz CT molecular complexity index is 719. The highest BCUT2D eigenvalue weighted by Crippen LogP contribution is 2.28. The summed E-state index contributed by atoms with van der Waals surface area (Å²) in [7, 11) is 2.97. The molecule has 2 aromatic carbocycles. The van der Waals surface area contributed by atoms with Gasteiger partial charge in [-0.05, 0) is 31.2 Å². The summed E-state index contributed by atoms with van der Waals surface area (Å²) >= 11 is 0. The van der Waals surface area contributed by atoms with Gasteiger partial charge in [0.2, 0.25) is 0 Å². The number of carbonyl (C=O) groups is 1. The zero-order valence-electron chi connectivity index (χ0n) is 13.0. The predicted octanol–water partition coefficient (Wildman–Crippen LogP) is 3.47. The van der Waals surface area contributed by atoms with Gasteiger partial charge in [0.05, 0.1) is 20.3 Å². The Kier molecular flexibility index (Phi) is 5.16. The van der Waals surface area contributed by atoms with Crippen LogP contribution in [0.25, 0.3) is 0 Å². The van der Waals surface area contributed by atoms with Gasteiger partial charge >= 0.3 is 0 Å². The Morgan fingerprint density at radius 2 is 1.74 bits per heavy atom. The lowest BCUT2D eigenvalue weighted by Crippen LogP contribution is -2.27. The maximum absolute atomic E-state index is 13.7. The van der Waals surface area contributed by atoms with E-state index in [4.69, 9.17) is 9.47 Å². The van der Waals surface area contributed by atoms with E-state index >= 15 is 0 Å². The minimum atomic E-state index is -0.704. The fourth-order valence-electron chi connectivity index (χ4n) is 2.19. The van der Waals surface area contributed by atoms with Crippen LogP contribution in [0.15, 0.2) is 36.4 Å². The van der Waals surface area contributed by atoms with Crippen LogP contribution in [0.1, 0.15) is 28.9 Å². The lowest BCUT2D eigenvalue weighted by Gasteiger charge is -2.16. The molecule has 0 spiro atoms. The molecule has 1 atom stereocenters. The predicted molar refractivity (Wildman–Crippen MR) is 81.8 cm³/mol. The first-order valence-electron chi connectivity index (χ1n) is 6.94. The minimum Gasteiger partial charge on any atom is -0.493 e. The van der Waals surface area contributed by atoms with Crippen molar-refractivity contribution < 1.29 is 23.0 Å². The fraction of sp³-hybridized carbons (Fsp3) is 0.235. The van der Waals surface area contributed by atoms with Gasteiger partial charge in [0.25, 0.3) is 5.91 Å². The number of rotatable bonds is 5. The van der Waals surface area contributed by atoms with Crippen LogP contribution in [-0.4, -0.2) is 20.1 Å². The number of halogens is 2. The number of carbonyl (C=O) groups excluding carboxylic acids is 1. The first-order chi connectivity index (χ1) is 11.0. The van der Waals surface area contributed by atoms with Crippen molar-refractivity contribution in [3.63, 3.8) is 0 Å². The van der Waals surface area contributed by atoms with Crippen LogP contribution < -0.4 is 14.8 Å². The highest BCUT2D eigenvalue weighted by Gasteiger charge is 2.16. The van der Waals surface area contributed by atoms with E-state index in [2.05, 4.69) is 5.32 Å². The van der Waals surface area contributed by atoms with E-state index in [-0.39, 0.29) is 5.56 Å². The molecule has 1 N–H and O–H groups in total. The van der Waals surface area contributed by atoms with Crippen molar-refractivity contribution in [2.75, 3.05) is 14.2 Å². The summed E-state index contributed by atoms with van der Waals surface area (Å²) in [6.07, 6.45) is 0. The Labute approximate surface area is 133 Å². The minimum absolute atomic E-state index is 0.209. The van der Waals surface area contributed by atoms with Gasteiger partial charge in [0, 0.05) is 17.2 Å². The molecule has 23 heavy (non-hydrogen) atoms. The molecule has 0 aromatic heterocycles. The molecular formula is C17H17F2NO3. The van der Waals surface area contributed by atoms with Crippen molar-refractivity contribution in [1.82, 2.24) is 5.32 Å². The van der Waals surface area contributed by atoms with Crippen LogP contribution in [0, 0.1) is 11.6 Å². The second-order valence-electron chi connectivity index (χ2n) is 4.93. The maximum Gasteiger partial charge on any atom is 0.251 e. The largest absolute Gasteiger partial charge is 0.493 e. The Morgan fingerprint density at radius 1 is 1.04 bits per heavy atom. The maximum atomic E-state index is 13.7. The number of hydrogen-bond acceptors (Lipinski definition) is 3. The van der Waals surface area contributed by atoms with Crippen LogP contribution in [0.5, 0.6) is 11.5 Å². The summed E-state index contributed by atoms with van der Waals surface area (Å²) < 4.78 is 36.9. The van der Waals surface area contributed by atoms with Crippen molar-refractivity contribution in [1.29, 1.82) is 0 Å². The molecule has 1 unspecified atom stereocenters. The summed E-state index contributed by atoms with van der Waals surface area (Å²) in [5.74, 6) is -0.848. The normalized spacial score (nSPS) is 11.7. The second kappa shape index (κ2) is 7.09. The van der Waals surface area contributed by atoms with Crippen molar-refractivity contribution in [3.8, 4) is 11.5 Å². The van der Waals surface area contributed by atoms with Gasteiger partial charge in [0.15, 0.2) is 11.5 Å². The molecule has 0 aliphatic carbocycles. The van der Waals surface area contributed by atoms with E-state index < -0.39 is 23.6 Å². The van der Waals surface area contributed by atoms with Crippen LogP contribution in [-0.2, 0) is 0 Å². The molecule has 0 radical (unpaired) electrons. The monoisotopic (exact) mass is 321 g/mol. The van der Waals surface area contributed by atoms with Crippen molar-refractivity contribution in [2.45, 2.75) is 13.0 Å². The lowest BCUT2D eigenvalue weighted by atomic mass is 10.1. The van der Waals surface area contributed by atoms with E-state index in [9.17, 15) is 13.6 Å². The van der Waals surface area contributed by atoms with Gasteiger partial charge < -0.3 is 14.8 Å². The first-order valence-corrected chi connectivity index (χ1v) is 6.94. The molecule has 0 saturated carbocycles. The third kappa shape index (κ3) is 3.77. The van der Waals surface area contributed by atoms with Gasteiger partial charge in [-0.3, -0.25) is 4.79 Å². The summed E-state index contributed by atoms with van der Waals surface area (Å²) in [6.45, 7) is 1.62. The molecule has 2 aromatic rings. The second-order valence-corrected chi connectivity index (χ2v) is 4.93. The van der Waals surface area contributed by atoms with Crippen LogP contribution in [0.2, 0.25) is 0 Å². The molecule has 0 saturated heterocycles. The summed E-state index contributed by atoms with van der Waals surface area (Å²) in [5, 5.41) is 2.66. The average molecular weight is 321 g/mol. The lowest BCUT2D eigenvalue weighted by molar-refractivity contribution is 0.0939. The molecule has 0 aliphatic heterocycles. The van der Waals surface area contributed by atoms with E-state index in [1.807, 2.05) is 0 Å². The standard InChI is InChI=1S/C17H17F2NO3/c1-10(13-6-5-12(18)9-14(13)19)20-17(21)11-4-7-15(22-2)16(8-11)23-3/h4-10H,1-3H3,(H,20,21). The molecule has 122 valence electrons. The number of benzene rings is 2. The first kappa shape index (κ1) is 16.7. The number of nitrogens with one attached hydrogen (secondary N) is 1. The van der Waals surface area contributed by atoms with Gasteiger partial charge in [-0.15, -0.1) is 0 Å². The van der Waals surface area contributed by atoms with Gasteiger partial charge in [-0.1, -0.05) is 6.07 Å². The molecule has 0 heterocycles. The third-order valence-corrected chi connectivity index (χ3v) is 3.42. The molecule has 0 fully saturated rings. The Hall–Kier alpha value is -2.63. The zero-order chi connectivity index (χ0) is 17.0. The topological polar surface area (TPSA) is 47.6 Å². The smallest absolute Gasteiger partial charge is 0.251 e. The van der Waals surface area contributed by atoms with Gasteiger partial charge in [-0.25, -0.2) is 8.78 Å². The van der Waals surface area contributed by atoms with E-state index in [0.29, 0.717) is 17.1 Å². The number of methoxy groups -OCH3 is 2. The Morgan fingerprint density at radius 3 is 2.35 bits per heavy atom. The summed E-state index contributed by atoms with van der Waals surface area (Å²) in [4.78, 5) is 12.3. The highest BCUT2D eigenvalue weighted by atomic mass is 19.1. The fourth-order valence-corrected chi connectivity index (χ4v) is 2.19. The third-order valence-electron chi connectivity index (χ3n) is 3.42.